The van der Waals surface area contributed by atoms with Gasteiger partial charge in [0.1, 0.15) is 0 Å². The topological polar surface area (TPSA) is 20.3 Å². The van der Waals surface area contributed by atoms with Crippen LogP contribution in [0.15, 0.2) is 0 Å². The summed E-state index contributed by atoms with van der Waals surface area (Å²) < 4.78 is 0. The molecule has 1 unspecified atom stereocenters. The molecule has 1 saturated heterocycles. The summed E-state index contributed by atoms with van der Waals surface area (Å²) in [5.41, 5.74) is 0. The summed E-state index contributed by atoms with van der Waals surface area (Å²) in [6.45, 7) is 2.01. The maximum absolute atomic E-state index is 11.1. The van der Waals surface area contributed by atoms with Crippen LogP contribution in [0.4, 0.5) is 0 Å². The van der Waals surface area contributed by atoms with Gasteiger partial charge in [0.25, 0.3) is 0 Å². The minimum Gasteiger partial charge on any atom is -0.342 e. The summed E-state index contributed by atoms with van der Waals surface area (Å²) in [6, 6.07) is 0. The Morgan fingerprint density at radius 3 is 2.56 bits per heavy atom. The average molecular weight is 124 g/mol. The molecule has 1 atom stereocenters. The zero-order valence-electron chi connectivity index (χ0n) is 5.34. The van der Waals surface area contributed by atoms with E-state index in [0.29, 0.717) is 11.8 Å². The summed E-state index contributed by atoms with van der Waals surface area (Å²) in [5, 5.41) is 0. The van der Waals surface area contributed by atoms with Gasteiger partial charge in [-0.2, -0.15) is 0 Å². The molecule has 1 aliphatic carbocycles. The van der Waals surface area contributed by atoms with Gasteiger partial charge in [-0.3, -0.25) is 4.79 Å². The molecule has 1 amide bonds. The van der Waals surface area contributed by atoms with E-state index in [1.54, 1.807) is 0 Å². The van der Waals surface area contributed by atoms with Gasteiger partial charge in [0.2, 0.25) is 5.91 Å². The van der Waals surface area contributed by atoms with Crippen molar-refractivity contribution in [3.8, 4) is 0 Å². The molecule has 2 heteroatoms. The van der Waals surface area contributed by atoms with Crippen LogP contribution in [0.2, 0.25) is 0 Å². The lowest BCUT2D eigenvalue weighted by molar-refractivity contribution is -0.135. The average Bonchev–Trinajstić information content (AvgIpc) is 2.37. The van der Waals surface area contributed by atoms with E-state index in [1.807, 2.05) is 4.90 Å². The summed E-state index contributed by atoms with van der Waals surface area (Å²) in [7, 11) is 0. The van der Waals surface area contributed by atoms with Gasteiger partial charge < -0.3 is 4.90 Å². The van der Waals surface area contributed by atoms with Crippen LogP contribution in [0, 0.1) is 12.3 Å². The van der Waals surface area contributed by atoms with E-state index in [-0.39, 0.29) is 0 Å². The Morgan fingerprint density at radius 1 is 1.56 bits per heavy atom. The van der Waals surface area contributed by atoms with Crippen LogP contribution in [0.3, 0.4) is 0 Å². The lowest BCUT2D eigenvalue weighted by Gasteiger charge is -2.30. The second kappa shape index (κ2) is 1.72. The smallest absolute Gasteiger partial charge is 0.225 e. The van der Waals surface area contributed by atoms with Crippen LogP contribution < -0.4 is 0 Å². The SMILES string of the molecule is O=C(C1[CH]C1)N1CCC1. The molecular weight excluding hydrogens is 114 g/mol. The van der Waals surface area contributed by atoms with Crippen molar-refractivity contribution in [3.05, 3.63) is 6.42 Å². The number of likely N-dealkylation sites (tertiary alicyclic amines) is 1. The summed E-state index contributed by atoms with van der Waals surface area (Å²) in [5.74, 6) is 0.673. The summed E-state index contributed by atoms with van der Waals surface area (Å²) in [6.07, 6.45) is 4.30. The highest BCUT2D eigenvalue weighted by Crippen LogP contribution is 2.30. The van der Waals surface area contributed by atoms with Crippen molar-refractivity contribution in [1.29, 1.82) is 0 Å². The van der Waals surface area contributed by atoms with Gasteiger partial charge in [-0.25, -0.2) is 0 Å². The molecule has 1 aliphatic heterocycles. The number of hydrogen-bond acceptors (Lipinski definition) is 1. The van der Waals surface area contributed by atoms with E-state index >= 15 is 0 Å². The molecule has 0 aromatic rings. The third kappa shape index (κ3) is 0.824. The van der Waals surface area contributed by atoms with Crippen molar-refractivity contribution in [3.63, 3.8) is 0 Å². The Labute approximate surface area is 54.8 Å². The van der Waals surface area contributed by atoms with E-state index in [2.05, 4.69) is 6.42 Å². The Bertz CT molecular complexity index is 136. The van der Waals surface area contributed by atoms with Crippen molar-refractivity contribution in [2.24, 2.45) is 5.92 Å². The fourth-order valence-electron chi connectivity index (χ4n) is 1.04. The molecule has 0 aromatic heterocycles. The molecule has 0 bridgehead atoms. The quantitative estimate of drug-likeness (QED) is 0.496. The van der Waals surface area contributed by atoms with Gasteiger partial charge in [-0.15, -0.1) is 0 Å². The van der Waals surface area contributed by atoms with Gasteiger partial charge in [-0.1, -0.05) is 0 Å². The van der Waals surface area contributed by atoms with E-state index in [9.17, 15) is 4.79 Å². The zero-order chi connectivity index (χ0) is 6.27. The van der Waals surface area contributed by atoms with Crippen LogP contribution in [0.25, 0.3) is 0 Å². The predicted octanol–water partition coefficient (Wildman–Crippen LogP) is 0.443. The van der Waals surface area contributed by atoms with Crippen LogP contribution >= 0.6 is 0 Å². The van der Waals surface area contributed by atoms with Gasteiger partial charge in [0.05, 0.1) is 0 Å². The fraction of sp³-hybridized carbons (Fsp3) is 0.714. The molecule has 9 heavy (non-hydrogen) atoms. The minimum absolute atomic E-state index is 0.310. The number of amides is 1. The van der Waals surface area contributed by atoms with Crippen molar-refractivity contribution < 1.29 is 4.79 Å². The Morgan fingerprint density at radius 2 is 2.22 bits per heavy atom. The lowest BCUT2D eigenvalue weighted by atomic mass is 10.2. The van der Waals surface area contributed by atoms with E-state index in [1.165, 1.54) is 6.42 Å². The van der Waals surface area contributed by atoms with Crippen LogP contribution in [0.1, 0.15) is 12.8 Å². The molecule has 2 rings (SSSR count). The first kappa shape index (κ1) is 5.27. The molecule has 2 fully saturated rings. The Kier molecular flexibility index (Phi) is 1.01. The molecule has 0 spiro atoms. The molecule has 2 aliphatic rings. The molecular formula is C7H10NO. The van der Waals surface area contributed by atoms with Crippen molar-refractivity contribution >= 4 is 5.91 Å². The number of carbonyl (C=O) groups is 1. The molecule has 0 N–H and O–H groups in total. The Balaban J connectivity index is 1.88. The highest BCUT2D eigenvalue weighted by atomic mass is 16.2. The Hall–Kier alpha value is -0.530. The molecule has 49 valence electrons. The monoisotopic (exact) mass is 124 g/mol. The lowest BCUT2D eigenvalue weighted by Crippen LogP contribution is -2.42. The number of carbonyl (C=O) groups excluding carboxylic acids is 1. The number of nitrogens with zero attached hydrogens (tertiary/aromatic N) is 1. The fourth-order valence-corrected chi connectivity index (χ4v) is 1.04. The van der Waals surface area contributed by atoms with Crippen LogP contribution in [-0.2, 0) is 4.79 Å². The molecule has 1 heterocycles. The third-order valence-corrected chi connectivity index (χ3v) is 1.96. The van der Waals surface area contributed by atoms with Gasteiger partial charge in [0, 0.05) is 19.0 Å². The molecule has 1 saturated carbocycles. The highest BCUT2D eigenvalue weighted by Gasteiger charge is 2.35. The second-order valence-corrected chi connectivity index (χ2v) is 2.76. The van der Waals surface area contributed by atoms with Gasteiger partial charge >= 0.3 is 0 Å². The standard InChI is InChI=1S/C7H10NO/c9-7(6-2-3-6)8-4-1-5-8/h2,6H,1,3-5H2. The van der Waals surface area contributed by atoms with Crippen molar-refractivity contribution in [2.45, 2.75) is 12.8 Å². The maximum atomic E-state index is 11.1. The second-order valence-electron chi connectivity index (χ2n) is 2.76. The summed E-state index contributed by atoms with van der Waals surface area (Å²) in [4.78, 5) is 13.0. The highest BCUT2D eigenvalue weighted by molar-refractivity contribution is 5.83. The first-order valence-electron chi connectivity index (χ1n) is 3.50. The van der Waals surface area contributed by atoms with E-state index < -0.39 is 0 Å². The number of hydrogen-bond donors (Lipinski definition) is 0. The maximum Gasteiger partial charge on any atom is 0.225 e. The molecule has 0 aromatic carbocycles. The van der Waals surface area contributed by atoms with Crippen molar-refractivity contribution in [2.75, 3.05) is 13.1 Å². The van der Waals surface area contributed by atoms with Gasteiger partial charge in [0.15, 0.2) is 0 Å². The number of rotatable bonds is 1. The van der Waals surface area contributed by atoms with Crippen molar-refractivity contribution in [1.82, 2.24) is 4.90 Å². The normalized spacial score (nSPS) is 25.6. The predicted molar refractivity (Wildman–Crippen MR) is 33.6 cm³/mol. The van der Waals surface area contributed by atoms with Crippen LogP contribution in [0.5, 0.6) is 0 Å². The minimum atomic E-state index is 0.310. The zero-order valence-corrected chi connectivity index (χ0v) is 5.34. The van der Waals surface area contributed by atoms with Gasteiger partial charge in [-0.05, 0) is 19.3 Å². The summed E-state index contributed by atoms with van der Waals surface area (Å²) >= 11 is 0. The van der Waals surface area contributed by atoms with E-state index in [4.69, 9.17) is 0 Å². The first-order valence-corrected chi connectivity index (χ1v) is 3.50. The largest absolute Gasteiger partial charge is 0.342 e. The molecule has 2 nitrogen and oxygen atoms in total. The third-order valence-electron chi connectivity index (χ3n) is 1.96. The first-order chi connectivity index (χ1) is 4.38. The van der Waals surface area contributed by atoms with E-state index in [0.717, 1.165) is 19.5 Å². The molecule has 1 radical (unpaired) electrons. The van der Waals surface area contributed by atoms with Crippen LogP contribution in [-0.4, -0.2) is 23.9 Å².